The molecule has 134 valence electrons. The zero-order valence-corrected chi connectivity index (χ0v) is 15.8. The average molecular weight is 381 g/mol. The van der Waals surface area contributed by atoms with Gasteiger partial charge in [-0.2, -0.15) is 4.72 Å². The van der Waals surface area contributed by atoms with Crippen LogP contribution in [0.3, 0.4) is 0 Å². The number of Topliss-reactive ketones (excluding diaryl/α,β-unsaturated/α-hetero) is 1. The van der Waals surface area contributed by atoms with Gasteiger partial charge in [0.05, 0.1) is 4.90 Å². The number of rotatable bonds is 7. The molecule has 0 unspecified atom stereocenters. The minimum Gasteiger partial charge on any atom is -0.456 e. The lowest BCUT2D eigenvalue weighted by Gasteiger charge is -2.07. The Balaban J connectivity index is 1.87. The molecule has 0 aliphatic heterocycles. The molecule has 2 rings (SSSR count). The van der Waals surface area contributed by atoms with Crippen LogP contribution in [0.25, 0.3) is 0 Å². The highest BCUT2D eigenvalue weighted by Crippen LogP contribution is 2.21. The predicted molar refractivity (Wildman–Crippen MR) is 95.5 cm³/mol. The summed E-state index contributed by atoms with van der Waals surface area (Å²) in [4.78, 5) is 25.7. The van der Waals surface area contributed by atoms with Gasteiger partial charge in [0.1, 0.15) is 6.54 Å². The molecule has 25 heavy (non-hydrogen) atoms. The third-order valence-corrected chi connectivity index (χ3v) is 5.83. The fourth-order valence-corrected chi connectivity index (χ4v) is 4.05. The number of carbonyl (C=O) groups is 2. The number of hydrogen-bond donors (Lipinski definition) is 1. The first-order valence-corrected chi connectivity index (χ1v) is 9.81. The van der Waals surface area contributed by atoms with Gasteiger partial charge >= 0.3 is 5.97 Å². The molecular weight excluding hydrogens is 362 g/mol. The molecule has 0 spiro atoms. The molecule has 0 bridgehead atoms. The fourth-order valence-electron chi connectivity index (χ4n) is 2.14. The summed E-state index contributed by atoms with van der Waals surface area (Å²) in [5, 5.41) is 0. The first-order valence-electron chi connectivity index (χ1n) is 7.51. The summed E-state index contributed by atoms with van der Waals surface area (Å²) in [6.07, 6.45) is 0. The van der Waals surface area contributed by atoms with Crippen LogP contribution in [0.2, 0.25) is 0 Å². The fraction of sp³-hybridized carbons (Fsp3) is 0.294. The number of benzene rings is 1. The molecule has 6 nitrogen and oxygen atoms in total. The number of ketones is 1. The van der Waals surface area contributed by atoms with Gasteiger partial charge in [-0.05, 0) is 39.0 Å². The molecule has 0 atom stereocenters. The second kappa shape index (κ2) is 7.90. The number of ether oxygens (including phenoxy) is 1. The molecule has 1 aromatic heterocycles. The monoisotopic (exact) mass is 381 g/mol. The second-order valence-corrected chi connectivity index (χ2v) is 8.78. The van der Waals surface area contributed by atoms with E-state index < -0.39 is 29.1 Å². The van der Waals surface area contributed by atoms with Gasteiger partial charge in [-0.25, -0.2) is 8.42 Å². The van der Waals surface area contributed by atoms with Crippen molar-refractivity contribution in [3.8, 4) is 0 Å². The maximum atomic E-state index is 12.1. The van der Waals surface area contributed by atoms with E-state index in [1.165, 1.54) is 23.5 Å². The Morgan fingerprint density at radius 2 is 1.76 bits per heavy atom. The third-order valence-electron chi connectivity index (χ3n) is 3.44. The number of nitrogens with one attached hydrogen (secondary N) is 1. The molecule has 1 heterocycles. The standard InChI is InChI=1S/C17H19NO5S2/c1-11-4-6-14(7-5-11)25(21,22)18-9-17(20)23-10-16(19)15-8-12(2)24-13(15)3/h4-8,18H,9-10H2,1-3H3. The topological polar surface area (TPSA) is 89.5 Å². The summed E-state index contributed by atoms with van der Waals surface area (Å²) < 4.78 is 31.2. The normalized spacial score (nSPS) is 11.3. The minimum atomic E-state index is -3.80. The lowest BCUT2D eigenvalue weighted by atomic mass is 10.2. The van der Waals surface area contributed by atoms with Crippen LogP contribution < -0.4 is 4.72 Å². The summed E-state index contributed by atoms with van der Waals surface area (Å²) in [5.41, 5.74) is 1.45. The Hall–Kier alpha value is -2.03. The van der Waals surface area contributed by atoms with E-state index >= 15 is 0 Å². The summed E-state index contributed by atoms with van der Waals surface area (Å²) in [6.45, 7) is 4.60. The number of thiophene rings is 1. The Kier molecular flexibility index (Phi) is 6.10. The van der Waals surface area contributed by atoms with Crippen LogP contribution in [0.15, 0.2) is 35.2 Å². The first-order chi connectivity index (χ1) is 11.7. The van der Waals surface area contributed by atoms with E-state index in [9.17, 15) is 18.0 Å². The lowest BCUT2D eigenvalue weighted by molar-refractivity contribution is -0.141. The summed E-state index contributed by atoms with van der Waals surface area (Å²) in [5.74, 6) is -1.12. The summed E-state index contributed by atoms with van der Waals surface area (Å²) in [7, 11) is -3.80. The molecule has 0 fully saturated rings. The largest absolute Gasteiger partial charge is 0.456 e. The van der Waals surface area contributed by atoms with Crippen molar-refractivity contribution >= 4 is 33.1 Å². The van der Waals surface area contributed by atoms with Gasteiger partial charge in [-0.15, -0.1) is 11.3 Å². The number of hydrogen-bond acceptors (Lipinski definition) is 6. The highest BCUT2D eigenvalue weighted by Gasteiger charge is 2.18. The van der Waals surface area contributed by atoms with Crippen LogP contribution in [-0.4, -0.2) is 33.3 Å². The van der Waals surface area contributed by atoms with E-state index in [1.54, 1.807) is 18.2 Å². The van der Waals surface area contributed by atoms with E-state index in [0.717, 1.165) is 15.3 Å². The predicted octanol–water partition coefficient (Wildman–Crippen LogP) is 2.38. The van der Waals surface area contributed by atoms with Gasteiger partial charge < -0.3 is 4.74 Å². The zero-order valence-electron chi connectivity index (χ0n) is 14.2. The quantitative estimate of drug-likeness (QED) is 0.587. The van der Waals surface area contributed by atoms with Crippen molar-refractivity contribution in [3.05, 3.63) is 51.2 Å². The zero-order chi connectivity index (χ0) is 18.6. The second-order valence-electron chi connectivity index (χ2n) is 5.55. The highest BCUT2D eigenvalue weighted by molar-refractivity contribution is 7.89. The number of carbonyl (C=O) groups excluding carboxylic acids is 2. The molecule has 0 aliphatic carbocycles. The lowest BCUT2D eigenvalue weighted by Crippen LogP contribution is -2.31. The van der Waals surface area contributed by atoms with Gasteiger partial charge in [0.15, 0.2) is 6.61 Å². The highest BCUT2D eigenvalue weighted by atomic mass is 32.2. The van der Waals surface area contributed by atoms with Crippen molar-refractivity contribution in [2.24, 2.45) is 0 Å². The summed E-state index contributed by atoms with van der Waals surface area (Å²) >= 11 is 1.49. The van der Waals surface area contributed by atoms with Crippen LogP contribution in [0.4, 0.5) is 0 Å². The molecule has 0 amide bonds. The van der Waals surface area contributed by atoms with E-state index in [2.05, 4.69) is 4.72 Å². The molecule has 0 saturated carbocycles. The van der Waals surface area contributed by atoms with Crippen molar-refractivity contribution in [1.82, 2.24) is 4.72 Å². The van der Waals surface area contributed by atoms with Gasteiger partial charge in [0.25, 0.3) is 0 Å². The maximum absolute atomic E-state index is 12.1. The van der Waals surface area contributed by atoms with Crippen molar-refractivity contribution < 1.29 is 22.7 Å². The molecule has 1 aromatic carbocycles. The Morgan fingerprint density at radius 1 is 1.12 bits per heavy atom. The molecule has 0 aliphatic rings. The van der Waals surface area contributed by atoms with E-state index in [-0.39, 0.29) is 10.7 Å². The Morgan fingerprint density at radius 3 is 2.32 bits per heavy atom. The average Bonchev–Trinajstić information content (AvgIpc) is 2.89. The van der Waals surface area contributed by atoms with Crippen LogP contribution >= 0.6 is 11.3 Å². The minimum absolute atomic E-state index is 0.0614. The van der Waals surface area contributed by atoms with Crippen molar-refractivity contribution in [1.29, 1.82) is 0 Å². The smallest absolute Gasteiger partial charge is 0.321 e. The Bertz CT molecular complexity index is 882. The molecule has 0 radical (unpaired) electrons. The van der Waals surface area contributed by atoms with Crippen LogP contribution in [0.1, 0.15) is 25.7 Å². The molecule has 1 N–H and O–H groups in total. The van der Waals surface area contributed by atoms with Crippen molar-refractivity contribution in [3.63, 3.8) is 0 Å². The van der Waals surface area contributed by atoms with Crippen LogP contribution in [0.5, 0.6) is 0 Å². The number of aryl methyl sites for hydroxylation is 3. The number of esters is 1. The van der Waals surface area contributed by atoms with Crippen molar-refractivity contribution in [2.45, 2.75) is 25.7 Å². The van der Waals surface area contributed by atoms with E-state index in [4.69, 9.17) is 4.74 Å². The molecule has 0 saturated heterocycles. The van der Waals surface area contributed by atoms with E-state index in [1.807, 2.05) is 20.8 Å². The van der Waals surface area contributed by atoms with E-state index in [0.29, 0.717) is 5.56 Å². The van der Waals surface area contributed by atoms with Gasteiger partial charge in [0.2, 0.25) is 15.8 Å². The van der Waals surface area contributed by atoms with Crippen molar-refractivity contribution in [2.75, 3.05) is 13.2 Å². The molecule has 2 aromatic rings. The van der Waals surface area contributed by atoms with Gasteiger partial charge in [0, 0.05) is 15.3 Å². The Labute approximate surface area is 150 Å². The molecule has 8 heteroatoms. The SMILES string of the molecule is Cc1ccc(S(=O)(=O)NCC(=O)OCC(=O)c2cc(C)sc2C)cc1. The van der Waals surface area contributed by atoms with Crippen LogP contribution in [-0.2, 0) is 19.6 Å². The first kappa shape index (κ1) is 19.3. The summed E-state index contributed by atoms with van der Waals surface area (Å²) in [6, 6.07) is 7.98. The number of sulfonamides is 1. The molecular formula is C17H19NO5S2. The van der Waals surface area contributed by atoms with Gasteiger partial charge in [-0.3, -0.25) is 9.59 Å². The maximum Gasteiger partial charge on any atom is 0.321 e. The third kappa shape index (κ3) is 5.22. The van der Waals surface area contributed by atoms with Crippen LogP contribution in [0, 0.1) is 20.8 Å². The van der Waals surface area contributed by atoms with Gasteiger partial charge in [-0.1, -0.05) is 17.7 Å².